The Hall–Kier alpha value is -2.95. The van der Waals surface area contributed by atoms with Crippen LogP contribution in [-0.4, -0.2) is 44.9 Å². The van der Waals surface area contributed by atoms with E-state index in [0.717, 1.165) is 48.4 Å². The van der Waals surface area contributed by atoms with Crippen LogP contribution in [0.25, 0.3) is 0 Å². The van der Waals surface area contributed by atoms with Gasteiger partial charge in [-0.2, -0.15) is 13.2 Å². The number of halogens is 5. The molecule has 0 saturated carbocycles. The van der Waals surface area contributed by atoms with Gasteiger partial charge in [0.05, 0.1) is 10.5 Å². The van der Waals surface area contributed by atoms with Gasteiger partial charge in [-0.1, -0.05) is 23.2 Å². The summed E-state index contributed by atoms with van der Waals surface area (Å²) < 4.78 is 68.0. The third-order valence-electron chi connectivity index (χ3n) is 6.85. The van der Waals surface area contributed by atoms with E-state index in [1.807, 2.05) is 18.2 Å². The molecule has 41 heavy (non-hydrogen) atoms. The largest absolute Gasteiger partial charge is 0.480 e. The highest BCUT2D eigenvalue weighted by atomic mass is 35.5. The van der Waals surface area contributed by atoms with Gasteiger partial charge >= 0.3 is 6.18 Å². The van der Waals surface area contributed by atoms with Crippen molar-refractivity contribution in [1.82, 2.24) is 0 Å². The van der Waals surface area contributed by atoms with E-state index in [9.17, 15) is 26.4 Å². The molecule has 6 nitrogen and oxygen atoms in total. The third-order valence-corrected chi connectivity index (χ3v) is 8.43. The maximum Gasteiger partial charge on any atom is 0.425 e. The molecule has 0 spiro atoms. The van der Waals surface area contributed by atoms with Crippen molar-refractivity contribution >= 4 is 50.3 Å². The zero-order valence-electron chi connectivity index (χ0n) is 22.7. The maximum absolute atomic E-state index is 13.4. The van der Waals surface area contributed by atoms with Crippen molar-refractivity contribution < 1.29 is 31.1 Å². The van der Waals surface area contributed by atoms with E-state index in [4.69, 9.17) is 27.9 Å². The van der Waals surface area contributed by atoms with E-state index < -0.39 is 28.0 Å². The summed E-state index contributed by atoms with van der Waals surface area (Å²) in [6, 6.07) is 14.5. The number of anilines is 2. The molecule has 2 aliphatic rings. The number of carbonyl (C=O) groups is 1. The quantitative estimate of drug-likeness (QED) is 0.327. The van der Waals surface area contributed by atoms with Crippen LogP contribution in [0, 0.1) is 0 Å². The van der Waals surface area contributed by atoms with Crippen LogP contribution >= 0.6 is 23.2 Å². The molecule has 3 aromatic carbocycles. The third kappa shape index (κ3) is 7.10. The summed E-state index contributed by atoms with van der Waals surface area (Å²) >= 11 is 11.9. The lowest BCUT2D eigenvalue weighted by molar-refractivity contribution is -0.189. The van der Waals surface area contributed by atoms with Gasteiger partial charge in [-0.05, 0) is 99.3 Å². The number of nitrogens with zero attached hydrogens (tertiary/aromatic N) is 1. The average Bonchev–Trinajstić information content (AvgIpc) is 3.39. The SMILES string of the molecule is CC1Cc2cc(Cl)ccc2N1.CC1Cc2cc(Cl)ccc2N1C(=O)c1cc(S(C)(=O)=O)ccc1O[C@@H](C)C(F)(F)F. The number of benzene rings is 3. The number of alkyl halides is 3. The van der Waals surface area contributed by atoms with Crippen LogP contribution in [0.1, 0.15) is 42.3 Å². The fourth-order valence-corrected chi connectivity index (χ4v) is 5.86. The number of amides is 1. The lowest BCUT2D eigenvalue weighted by atomic mass is 10.1. The molecule has 2 aliphatic heterocycles. The Labute approximate surface area is 247 Å². The van der Waals surface area contributed by atoms with Crippen LogP contribution in [0.3, 0.4) is 0 Å². The Bertz CT molecular complexity index is 1580. The number of nitrogens with one attached hydrogen (secondary N) is 1. The predicted octanol–water partition coefficient (Wildman–Crippen LogP) is 7.36. The highest BCUT2D eigenvalue weighted by Gasteiger charge is 2.40. The molecule has 0 saturated heterocycles. The molecule has 3 aromatic rings. The zero-order valence-corrected chi connectivity index (χ0v) is 25.0. The van der Waals surface area contributed by atoms with Crippen molar-refractivity contribution in [2.24, 2.45) is 0 Å². The number of hydrogen-bond donors (Lipinski definition) is 1. The van der Waals surface area contributed by atoms with Crippen molar-refractivity contribution in [3.05, 3.63) is 81.3 Å². The minimum Gasteiger partial charge on any atom is -0.480 e. The van der Waals surface area contributed by atoms with E-state index in [1.165, 1.54) is 16.2 Å². The van der Waals surface area contributed by atoms with Gasteiger partial charge in [-0.3, -0.25) is 4.79 Å². The second-order valence-corrected chi connectivity index (χ2v) is 13.2. The number of hydrogen-bond acceptors (Lipinski definition) is 5. The van der Waals surface area contributed by atoms with Crippen LogP contribution in [0.5, 0.6) is 5.75 Å². The highest BCUT2D eigenvalue weighted by Crippen LogP contribution is 2.37. The van der Waals surface area contributed by atoms with Gasteiger partial charge in [0.2, 0.25) is 0 Å². The lowest BCUT2D eigenvalue weighted by Crippen LogP contribution is -2.37. The molecule has 2 unspecified atom stereocenters. The number of rotatable bonds is 4. The number of sulfone groups is 1. The van der Waals surface area contributed by atoms with Crippen LogP contribution < -0.4 is 15.0 Å². The van der Waals surface area contributed by atoms with Crippen molar-refractivity contribution in [2.45, 2.75) is 62.9 Å². The van der Waals surface area contributed by atoms with Gasteiger partial charge in [0.15, 0.2) is 15.9 Å². The fourth-order valence-electron chi connectivity index (χ4n) is 4.82. The van der Waals surface area contributed by atoms with Gasteiger partial charge in [-0.15, -0.1) is 0 Å². The first-order valence-electron chi connectivity index (χ1n) is 12.8. The number of fused-ring (bicyclic) bond motifs is 2. The number of ether oxygens (including phenoxy) is 1. The Morgan fingerprint density at radius 3 is 2.27 bits per heavy atom. The molecule has 0 aliphatic carbocycles. The molecule has 0 radical (unpaired) electrons. The van der Waals surface area contributed by atoms with Gasteiger partial charge < -0.3 is 15.0 Å². The van der Waals surface area contributed by atoms with E-state index in [-0.39, 0.29) is 22.3 Å². The smallest absolute Gasteiger partial charge is 0.425 e. The van der Waals surface area contributed by atoms with E-state index in [0.29, 0.717) is 23.2 Å². The van der Waals surface area contributed by atoms with Gasteiger partial charge in [0.25, 0.3) is 5.91 Å². The van der Waals surface area contributed by atoms with Crippen molar-refractivity contribution in [3.8, 4) is 5.75 Å². The molecule has 1 amide bonds. The van der Waals surface area contributed by atoms with Crippen molar-refractivity contribution in [1.29, 1.82) is 0 Å². The highest BCUT2D eigenvalue weighted by molar-refractivity contribution is 7.90. The van der Waals surface area contributed by atoms with Crippen LogP contribution in [0.15, 0.2) is 59.5 Å². The average molecular weight is 630 g/mol. The Morgan fingerprint density at radius 2 is 1.63 bits per heavy atom. The molecular weight excluding hydrogens is 600 g/mol. The summed E-state index contributed by atoms with van der Waals surface area (Å²) in [6.45, 7) is 4.77. The minimum absolute atomic E-state index is 0.193. The van der Waals surface area contributed by atoms with E-state index in [1.54, 1.807) is 25.1 Å². The van der Waals surface area contributed by atoms with Gasteiger partial charge in [-0.25, -0.2) is 8.42 Å². The molecule has 0 aromatic heterocycles. The van der Waals surface area contributed by atoms with Gasteiger partial charge in [0, 0.05) is 39.8 Å². The van der Waals surface area contributed by atoms with Crippen LogP contribution in [0.4, 0.5) is 24.5 Å². The standard InChI is InChI=1S/C20H19ClF3NO4S.C9H10ClN/c1-11-8-13-9-14(21)4-6-17(13)25(11)19(26)16-10-15(30(3,27)28)5-7-18(16)29-12(2)20(22,23)24;1-6-4-7-5-8(10)2-3-9(7)11-6/h4-7,9-12H,8H2,1-3H3;2-3,5-6,11H,4H2,1H3/t11?,12-;/m0./s1. The summed E-state index contributed by atoms with van der Waals surface area (Å²) in [5.41, 5.74) is 3.70. The first-order valence-corrected chi connectivity index (χ1v) is 15.4. The lowest BCUT2D eigenvalue weighted by Gasteiger charge is -2.25. The van der Waals surface area contributed by atoms with E-state index >= 15 is 0 Å². The monoisotopic (exact) mass is 628 g/mol. The van der Waals surface area contributed by atoms with Crippen LogP contribution in [0.2, 0.25) is 10.0 Å². The first-order chi connectivity index (χ1) is 19.0. The zero-order chi connectivity index (χ0) is 30.3. The Morgan fingerprint density at radius 1 is 1.00 bits per heavy atom. The summed E-state index contributed by atoms with van der Waals surface area (Å²) in [4.78, 5) is 14.6. The molecule has 2 heterocycles. The summed E-state index contributed by atoms with van der Waals surface area (Å²) in [5, 5.41) is 4.70. The molecule has 3 atom stereocenters. The normalized spacial score (nSPS) is 18.5. The fraction of sp³-hybridized carbons (Fsp3) is 0.345. The summed E-state index contributed by atoms with van der Waals surface area (Å²) in [7, 11) is -3.70. The summed E-state index contributed by atoms with van der Waals surface area (Å²) in [6.07, 6.45) is -4.29. The molecule has 5 rings (SSSR count). The Balaban J connectivity index is 0.000000291. The summed E-state index contributed by atoms with van der Waals surface area (Å²) in [5.74, 6) is -0.995. The molecule has 0 fully saturated rings. The second kappa shape index (κ2) is 11.7. The molecule has 220 valence electrons. The molecular formula is C29H29Cl2F3N2O4S. The first kappa shape index (κ1) is 31.0. The van der Waals surface area contributed by atoms with E-state index in [2.05, 4.69) is 12.2 Å². The van der Waals surface area contributed by atoms with Crippen molar-refractivity contribution in [2.75, 3.05) is 16.5 Å². The van der Waals surface area contributed by atoms with Gasteiger partial charge in [0.1, 0.15) is 5.75 Å². The molecule has 0 bridgehead atoms. The topological polar surface area (TPSA) is 75.7 Å². The Kier molecular flexibility index (Phi) is 8.87. The second-order valence-electron chi connectivity index (χ2n) is 10.3. The maximum atomic E-state index is 13.4. The predicted molar refractivity (Wildman–Crippen MR) is 155 cm³/mol. The molecule has 12 heteroatoms. The van der Waals surface area contributed by atoms with Crippen LogP contribution in [-0.2, 0) is 22.7 Å². The minimum atomic E-state index is -4.65. The van der Waals surface area contributed by atoms with Crippen molar-refractivity contribution in [3.63, 3.8) is 0 Å². The molecule has 1 N–H and O–H groups in total. The number of carbonyl (C=O) groups excluding carboxylic acids is 1.